The molecule has 4 rings (SSSR count). The van der Waals surface area contributed by atoms with Crippen molar-refractivity contribution in [3.8, 4) is 5.69 Å². The van der Waals surface area contributed by atoms with Crippen molar-refractivity contribution in [2.24, 2.45) is 0 Å². The first-order chi connectivity index (χ1) is 13.0. The van der Waals surface area contributed by atoms with Crippen LogP contribution >= 0.6 is 0 Å². The molecule has 0 saturated carbocycles. The summed E-state index contributed by atoms with van der Waals surface area (Å²) in [5, 5.41) is 8.17. The van der Waals surface area contributed by atoms with E-state index in [9.17, 15) is 4.79 Å². The van der Waals surface area contributed by atoms with E-state index in [4.69, 9.17) is 0 Å². The zero-order valence-electron chi connectivity index (χ0n) is 15.4. The van der Waals surface area contributed by atoms with Gasteiger partial charge in [0.1, 0.15) is 0 Å². The number of carbonyl (C=O) groups excluding carboxylic acids is 1. The van der Waals surface area contributed by atoms with Gasteiger partial charge in [-0.25, -0.2) is 14.6 Å². The van der Waals surface area contributed by atoms with Gasteiger partial charge in [0.2, 0.25) is 0 Å². The second-order valence-corrected chi connectivity index (χ2v) is 6.67. The van der Waals surface area contributed by atoms with E-state index in [0.29, 0.717) is 11.3 Å². The van der Waals surface area contributed by atoms with Gasteiger partial charge < -0.3 is 9.88 Å². The molecule has 0 aliphatic heterocycles. The number of fused-ring (bicyclic) bond motifs is 1. The van der Waals surface area contributed by atoms with Crippen LogP contribution in [0.3, 0.4) is 0 Å². The van der Waals surface area contributed by atoms with Gasteiger partial charge in [0.15, 0.2) is 5.65 Å². The van der Waals surface area contributed by atoms with Gasteiger partial charge in [0.05, 0.1) is 34.8 Å². The Hall–Kier alpha value is -3.48. The van der Waals surface area contributed by atoms with Gasteiger partial charge in [-0.05, 0) is 39.0 Å². The third-order valence-electron chi connectivity index (χ3n) is 4.36. The molecule has 0 bridgehead atoms. The van der Waals surface area contributed by atoms with Crippen molar-refractivity contribution >= 4 is 22.6 Å². The number of aromatic nitrogens is 5. The number of imidazole rings is 1. The van der Waals surface area contributed by atoms with E-state index in [-0.39, 0.29) is 11.9 Å². The number of hydrogen-bond donors (Lipinski definition) is 1. The third-order valence-corrected chi connectivity index (χ3v) is 4.36. The van der Waals surface area contributed by atoms with Crippen molar-refractivity contribution in [1.29, 1.82) is 0 Å². The van der Waals surface area contributed by atoms with Gasteiger partial charge in [-0.2, -0.15) is 5.10 Å². The second-order valence-electron chi connectivity index (χ2n) is 6.67. The van der Waals surface area contributed by atoms with Crippen molar-refractivity contribution in [2.45, 2.75) is 26.8 Å². The molecule has 1 aromatic carbocycles. The summed E-state index contributed by atoms with van der Waals surface area (Å²) in [6, 6.07) is 9.57. The van der Waals surface area contributed by atoms with E-state index in [0.717, 1.165) is 22.4 Å². The molecule has 136 valence electrons. The Morgan fingerprint density at radius 1 is 1.22 bits per heavy atom. The maximum atomic E-state index is 13.1. The van der Waals surface area contributed by atoms with Crippen LogP contribution in [0.5, 0.6) is 0 Å². The maximum absolute atomic E-state index is 13.1. The van der Waals surface area contributed by atoms with E-state index in [2.05, 4.69) is 20.4 Å². The first-order valence-corrected chi connectivity index (χ1v) is 8.78. The Balaban J connectivity index is 1.75. The molecule has 4 aromatic rings. The number of nitrogens with zero attached hydrogens (tertiary/aromatic N) is 5. The largest absolute Gasteiger partial charge is 0.320 e. The van der Waals surface area contributed by atoms with E-state index in [1.165, 1.54) is 0 Å². The number of amides is 1. The molecule has 1 N–H and O–H groups in total. The number of aryl methyl sites for hydroxylation is 1. The molecule has 0 atom stereocenters. The molecule has 0 spiro atoms. The smallest absolute Gasteiger partial charge is 0.256 e. The molecule has 0 unspecified atom stereocenters. The standard InChI is InChI=1S/C20H20N6O/c1-13(2)26-19-16(11-22-26)15(10-14(3)23-19)20(27)24-17-6-4-5-7-18(17)25-9-8-21-12-25/h4-13H,1-3H3,(H,24,27). The van der Waals surface area contributed by atoms with Crippen LogP contribution in [0, 0.1) is 6.92 Å². The highest BCUT2D eigenvalue weighted by Crippen LogP contribution is 2.24. The maximum Gasteiger partial charge on any atom is 0.256 e. The molecule has 0 radical (unpaired) electrons. The fourth-order valence-electron chi connectivity index (χ4n) is 3.10. The molecule has 1 amide bonds. The summed E-state index contributed by atoms with van der Waals surface area (Å²) in [7, 11) is 0. The zero-order chi connectivity index (χ0) is 19.0. The summed E-state index contributed by atoms with van der Waals surface area (Å²) < 4.78 is 3.69. The van der Waals surface area contributed by atoms with E-state index in [1.54, 1.807) is 24.8 Å². The first-order valence-electron chi connectivity index (χ1n) is 8.78. The number of rotatable bonds is 4. The number of hydrogen-bond acceptors (Lipinski definition) is 4. The molecule has 3 aromatic heterocycles. The van der Waals surface area contributed by atoms with Crippen LogP contribution < -0.4 is 5.32 Å². The van der Waals surface area contributed by atoms with Gasteiger partial charge in [-0.1, -0.05) is 12.1 Å². The minimum absolute atomic E-state index is 0.162. The first kappa shape index (κ1) is 17.0. The number of anilines is 1. The average Bonchev–Trinajstić information content (AvgIpc) is 3.31. The van der Waals surface area contributed by atoms with Crippen molar-refractivity contribution in [3.05, 3.63) is 66.5 Å². The van der Waals surface area contributed by atoms with Crippen LogP contribution in [0.4, 0.5) is 5.69 Å². The molecule has 3 heterocycles. The molecule has 0 fully saturated rings. The monoisotopic (exact) mass is 360 g/mol. The van der Waals surface area contributed by atoms with Crippen LogP contribution in [0.1, 0.15) is 35.9 Å². The normalized spacial score (nSPS) is 11.3. The lowest BCUT2D eigenvalue weighted by Crippen LogP contribution is -2.15. The molecular weight excluding hydrogens is 340 g/mol. The summed E-state index contributed by atoms with van der Waals surface area (Å²) in [5.74, 6) is -0.193. The molecule has 0 saturated heterocycles. The van der Waals surface area contributed by atoms with Gasteiger partial charge in [-0.3, -0.25) is 4.79 Å². The minimum Gasteiger partial charge on any atom is -0.320 e. The fourth-order valence-corrected chi connectivity index (χ4v) is 3.10. The van der Waals surface area contributed by atoms with Crippen LogP contribution in [0.2, 0.25) is 0 Å². The summed E-state index contributed by atoms with van der Waals surface area (Å²) in [6.45, 7) is 5.96. The van der Waals surface area contributed by atoms with Gasteiger partial charge in [0.25, 0.3) is 5.91 Å². The Kier molecular flexibility index (Phi) is 4.19. The van der Waals surface area contributed by atoms with Gasteiger partial charge in [0, 0.05) is 24.1 Å². The van der Waals surface area contributed by atoms with Crippen molar-refractivity contribution in [3.63, 3.8) is 0 Å². The number of pyridine rings is 1. The SMILES string of the molecule is Cc1cc(C(=O)Nc2ccccc2-n2ccnc2)c2cnn(C(C)C)c2n1. The van der Waals surface area contributed by atoms with E-state index < -0.39 is 0 Å². The Morgan fingerprint density at radius 2 is 2.04 bits per heavy atom. The third kappa shape index (κ3) is 3.08. The number of benzene rings is 1. The topological polar surface area (TPSA) is 77.6 Å². The zero-order valence-corrected chi connectivity index (χ0v) is 15.4. The lowest BCUT2D eigenvalue weighted by Gasteiger charge is -2.13. The Morgan fingerprint density at radius 3 is 2.78 bits per heavy atom. The summed E-state index contributed by atoms with van der Waals surface area (Å²) in [4.78, 5) is 21.7. The van der Waals surface area contributed by atoms with Crippen LogP contribution in [-0.4, -0.2) is 30.2 Å². The Labute approximate surface area is 156 Å². The molecular formula is C20H20N6O. The predicted molar refractivity (Wildman–Crippen MR) is 104 cm³/mol. The molecule has 0 aliphatic rings. The van der Waals surface area contributed by atoms with Crippen LogP contribution in [-0.2, 0) is 0 Å². The highest BCUT2D eigenvalue weighted by Gasteiger charge is 2.18. The molecule has 27 heavy (non-hydrogen) atoms. The highest BCUT2D eigenvalue weighted by atomic mass is 16.1. The van der Waals surface area contributed by atoms with Crippen molar-refractivity contribution < 1.29 is 4.79 Å². The number of carbonyl (C=O) groups is 1. The van der Waals surface area contributed by atoms with Gasteiger partial charge in [-0.15, -0.1) is 0 Å². The van der Waals surface area contributed by atoms with Crippen LogP contribution in [0.25, 0.3) is 16.7 Å². The summed E-state index contributed by atoms with van der Waals surface area (Å²) >= 11 is 0. The number of para-hydroxylation sites is 2. The molecule has 0 aliphatic carbocycles. The minimum atomic E-state index is -0.193. The highest BCUT2D eigenvalue weighted by molar-refractivity contribution is 6.12. The molecule has 7 nitrogen and oxygen atoms in total. The predicted octanol–water partition coefficient (Wildman–Crippen LogP) is 3.76. The van der Waals surface area contributed by atoms with Crippen LogP contribution in [0.15, 0.2) is 55.2 Å². The second kappa shape index (κ2) is 6.68. The summed E-state index contributed by atoms with van der Waals surface area (Å²) in [5.41, 5.74) is 3.61. The lowest BCUT2D eigenvalue weighted by atomic mass is 10.1. The average molecular weight is 360 g/mol. The number of nitrogens with one attached hydrogen (secondary N) is 1. The van der Waals surface area contributed by atoms with Crippen molar-refractivity contribution in [2.75, 3.05) is 5.32 Å². The molecule has 7 heteroatoms. The lowest BCUT2D eigenvalue weighted by molar-refractivity contribution is 0.102. The van der Waals surface area contributed by atoms with Gasteiger partial charge >= 0.3 is 0 Å². The van der Waals surface area contributed by atoms with E-state index in [1.807, 2.05) is 60.5 Å². The van der Waals surface area contributed by atoms with E-state index >= 15 is 0 Å². The summed E-state index contributed by atoms with van der Waals surface area (Å²) in [6.07, 6.45) is 6.95. The quantitative estimate of drug-likeness (QED) is 0.601. The fraction of sp³-hybridized carbons (Fsp3) is 0.200. The van der Waals surface area contributed by atoms with Crippen molar-refractivity contribution in [1.82, 2.24) is 24.3 Å². The Bertz CT molecular complexity index is 1110.